The van der Waals surface area contributed by atoms with E-state index in [1.807, 2.05) is 29.4 Å². The number of hydrogen-bond acceptors (Lipinski definition) is 3. The zero-order valence-electron chi connectivity index (χ0n) is 8.74. The maximum absolute atomic E-state index is 9.23. The minimum atomic E-state index is 0.292. The standard InChI is InChI=1S/C13H12N2O/c16-12-6-4-10(5-7-12)13-9-11-3-1-2-8-15(11)14-13/h1-8,11,16H,9H2. The van der Waals surface area contributed by atoms with Gasteiger partial charge in [0.05, 0.1) is 11.8 Å². The summed E-state index contributed by atoms with van der Waals surface area (Å²) in [7, 11) is 0. The fraction of sp³-hybridized carbons (Fsp3) is 0.154. The van der Waals surface area contributed by atoms with Crippen LogP contribution in [0.25, 0.3) is 0 Å². The highest BCUT2D eigenvalue weighted by Crippen LogP contribution is 2.24. The third kappa shape index (κ3) is 1.50. The molecule has 0 aromatic heterocycles. The Bertz CT molecular complexity index is 485. The van der Waals surface area contributed by atoms with E-state index in [1.165, 1.54) is 0 Å². The molecule has 3 nitrogen and oxygen atoms in total. The number of aromatic hydroxyl groups is 1. The molecule has 1 aromatic rings. The minimum absolute atomic E-state index is 0.292. The Kier molecular flexibility index (Phi) is 2.03. The second-order valence-corrected chi connectivity index (χ2v) is 3.97. The molecule has 0 bridgehead atoms. The van der Waals surface area contributed by atoms with Crippen LogP contribution in [0.2, 0.25) is 0 Å². The van der Waals surface area contributed by atoms with Crippen molar-refractivity contribution in [1.82, 2.24) is 5.01 Å². The van der Waals surface area contributed by atoms with Crippen LogP contribution in [-0.4, -0.2) is 21.9 Å². The van der Waals surface area contributed by atoms with E-state index >= 15 is 0 Å². The Hall–Kier alpha value is -2.03. The maximum Gasteiger partial charge on any atom is 0.115 e. The monoisotopic (exact) mass is 212 g/mol. The average molecular weight is 212 g/mol. The molecule has 0 aliphatic carbocycles. The van der Waals surface area contributed by atoms with Crippen molar-refractivity contribution < 1.29 is 5.11 Å². The molecule has 2 aliphatic rings. The van der Waals surface area contributed by atoms with E-state index in [0.717, 1.165) is 17.7 Å². The van der Waals surface area contributed by atoms with E-state index in [2.05, 4.69) is 17.3 Å². The summed E-state index contributed by atoms with van der Waals surface area (Å²) in [5.74, 6) is 0.292. The molecule has 3 heteroatoms. The van der Waals surface area contributed by atoms with Crippen LogP contribution < -0.4 is 0 Å². The lowest BCUT2D eigenvalue weighted by Gasteiger charge is -2.17. The van der Waals surface area contributed by atoms with Crippen LogP contribution in [0.1, 0.15) is 12.0 Å². The van der Waals surface area contributed by atoms with E-state index in [4.69, 9.17) is 0 Å². The molecule has 1 N–H and O–H groups in total. The van der Waals surface area contributed by atoms with Gasteiger partial charge in [0.15, 0.2) is 0 Å². The summed E-state index contributed by atoms with van der Waals surface area (Å²) >= 11 is 0. The van der Waals surface area contributed by atoms with Crippen LogP contribution in [0.4, 0.5) is 0 Å². The molecule has 1 unspecified atom stereocenters. The Morgan fingerprint density at radius 2 is 2.00 bits per heavy atom. The Balaban J connectivity index is 1.90. The van der Waals surface area contributed by atoms with Crippen molar-refractivity contribution in [1.29, 1.82) is 0 Å². The maximum atomic E-state index is 9.23. The highest BCUT2D eigenvalue weighted by atomic mass is 16.3. The highest BCUT2D eigenvalue weighted by molar-refractivity contribution is 6.02. The van der Waals surface area contributed by atoms with Gasteiger partial charge in [0.2, 0.25) is 0 Å². The van der Waals surface area contributed by atoms with Crippen LogP contribution in [0.15, 0.2) is 53.8 Å². The number of allylic oxidation sites excluding steroid dienone is 2. The molecule has 80 valence electrons. The highest BCUT2D eigenvalue weighted by Gasteiger charge is 2.24. The lowest BCUT2D eigenvalue weighted by atomic mass is 10.0. The predicted octanol–water partition coefficient (Wildman–Crippen LogP) is 2.25. The summed E-state index contributed by atoms with van der Waals surface area (Å²) in [6.07, 6.45) is 9.09. The molecule has 2 heterocycles. The summed E-state index contributed by atoms with van der Waals surface area (Å²) in [6.45, 7) is 0. The van der Waals surface area contributed by atoms with E-state index < -0.39 is 0 Å². The molecule has 16 heavy (non-hydrogen) atoms. The van der Waals surface area contributed by atoms with E-state index in [9.17, 15) is 5.11 Å². The van der Waals surface area contributed by atoms with Gasteiger partial charge in [0.25, 0.3) is 0 Å². The smallest absolute Gasteiger partial charge is 0.115 e. The second-order valence-electron chi connectivity index (χ2n) is 3.97. The molecular weight excluding hydrogens is 200 g/mol. The third-order valence-corrected chi connectivity index (χ3v) is 2.86. The van der Waals surface area contributed by atoms with Crippen LogP contribution >= 0.6 is 0 Å². The molecule has 1 atom stereocenters. The number of benzene rings is 1. The van der Waals surface area contributed by atoms with Crippen molar-refractivity contribution in [2.45, 2.75) is 12.5 Å². The number of nitrogens with zero attached hydrogens (tertiary/aromatic N) is 2. The first-order chi connectivity index (χ1) is 7.83. The van der Waals surface area contributed by atoms with E-state index in [1.54, 1.807) is 12.1 Å². The van der Waals surface area contributed by atoms with Crippen LogP contribution in [0.3, 0.4) is 0 Å². The van der Waals surface area contributed by atoms with Crippen molar-refractivity contribution in [3.63, 3.8) is 0 Å². The number of rotatable bonds is 1. The van der Waals surface area contributed by atoms with Crippen LogP contribution in [0.5, 0.6) is 5.75 Å². The Morgan fingerprint density at radius 3 is 2.75 bits per heavy atom. The quantitative estimate of drug-likeness (QED) is 0.775. The zero-order valence-corrected chi connectivity index (χ0v) is 8.74. The van der Waals surface area contributed by atoms with Crippen molar-refractivity contribution in [2.24, 2.45) is 5.10 Å². The first kappa shape index (κ1) is 9.21. The molecule has 3 rings (SSSR count). The van der Waals surface area contributed by atoms with Gasteiger partial charge in [-0.1, -0.05) is 12.2 Å². The molecular formula is C13H12N2O. The van der Waals surface area contributed by atoms with Gasteiger partial charge >= 0.3 is 0 Å². The van der Waals surface area contributed by atoms with Crippen molar-refractivity contribution in [2.75, 3.05) is 0 Å². The normalized spacial score (nSPS) is 22.1. The molecule has 0 fully saturated rings. The van der Waals surface area contributed by atoms with Crippen molar-refractivity contribution in [3.8, 4) is 5.75 Å². The molecule has 1 aromatic carbocycles. The molecule has 0 saturated heterocycles. The number of phenols is 1. The topological polar surface area (TPSA) is 35.8 Å². The number of fused-ring (bicyclic) bond motifs is 1. The first-order valence-electron chi connectivity index (χ1n) is 5.33. The van der Waals surface area contributed by atoms with Crippen LogP contribution in [-0.2, 0) is 0 Å². The van der Waals surface area contributed by atoms with Crippen molar-refractivity contribution in [3.05, 3.63) is 54.3 Å². The van der Waals surface area contributed by atoms with Gasteiger partial charge in [-0.25, -0.2) is 0 Å². The van der Waals surface area contributed by atoms with Gasteiger partial charge in [0.1, 0.15) is 5.75 Å². The fourth-order valence-electron chi connectivity index (χ4n) is 2.01. The molecule has 0 radical (unpaired) electrons. The summed E-state index contributed by atoms with van der Waals surface area (Å²) in [4.78, 5) is 0. The van der Waals surface area contributed by atoms with Gasteiger partial charge in [0, 0.05) is 12.6 Å². The summed E-state index contributed by atoms with van der Waals surface area (Å²) in [6, 6.07) is 7.55. The zero-order chi connectivity index (χ0) is 11.0. The summed E-state index contributed by atoms with van der Waals surface area (Å²) in [5.41, 5.74) is 2.15. The van der Waals surface area contributed by atoms with Gasteiger partial charge in [-0.2, -0.15) is 5.10 Å². The second kappa shape index (κ2) is 3.52. The predicted molar refractivity (Wildman–Crippen MR) is 63.2 cm³/mol. The average Bonchev–Trinajstić information content (AvgIpc) is 2.73. The van der Waals surface area contributed by atoms with E-state index in [0.29, 0.717) is 11.8 Å². The largest absolute Gasteiger partial charge is 0.508 e. The fourth-order valence-corrected chi connectivity index (χ4v) is 2.01. The number of phenolic OH excluding ortho intramolecular Hbond substituents is 1. The van der Waals surface area contributed by atoms with E-state index in [-0.39, 0.29) is 0 Å². The van der Waals surface area contributed by atoms with Gasteiger partial charge in [-0.15, -0.1) is 0 Å². The SMILES string of the molecule is Oc1ccc(C2=NN3C=CC=CC3C2)cc1. The third-order valence-electron chi connectivity index (χ3n) is 2.86. The first-order valence-corrected chi connectivity index (χ1v) is 5.33. The number of hydrogen-bond donors (Lipinski definition) is 1. The minimum Gasteiger partial charge on any atom is -0.508 e. The Morgan fingerprint density at radius 1 is 1.19 bits per heavy atom. The van der Waals surface area contributed by atoms with Crippen molar-refractivity contribution >= 4 is 5.71 Å². The molecule has 0 amide bonds. The van der Waals surface area contributed by atoms with Gasteiger partial charge in [-0.05, 0) is 35.9 Å². The Labute approximate surface area is 94.0 Å². The lowest BCUT2D eigenvalue weighted by Crippen LogP contribution is -2.20. The molecule has 0 spiro atoms. The number of hydrazone groups is 1. The summed E-state index contributed by atoms with van der Waals surface area (Å²) in [5, 5.41) is 15.7. The van der Waals surface area contributed by atoms with Gasteiger partial charge < -0.3 is 5.11 Å². The van der Waals surface area contributed by atoms with Crippen LogP contribution in [0, 0.1) is 0 Å². The molecule has 2 aliphatic heterocycles. The lowest BCUT2D eigenvalue weighted by molar-refractivity contribution is 0.368. The summed E-state index contributed by atoms with van der Waals surface area (Å²) < 4.78 is 0. The molecule has 0 saturated carbocycles. The van der Waals surface area contributed by atoms with Gasteiger partial charge in [-0.3, -0.25) is 5.01 Å².